The topological polar surface area (TPSA) is 52.4 Å². The summed E-state index contributed by atoms with van der Waals surface area (Å²) in [5.74, 6) is 0. The van der Waals surface area contributed by atoms with Crippen LogP contribution in [0, 0.1) is 10.1 Å². The molecular formula is C16H32BrNO3. The van der Waals surface area contributed by atoms with Gasteiger partial charge < -0.3 is 4.84 Å². The fraction of sp³-hybridized carbons (Fsp3) is 1.00. The Labute approximate surface area is 138 Å². The molecule has 0 saturated heterocycles. The minimum absolute atomic E-state index is 0.215. The highest BCUT2D eigenvalue weighted by Crippen LogP contribution is 2.18. The van der Waals surface area contributed by atoms with Gasteiger partial charge in [0.1, 0.15) is 0 Å². The van der Waals surface area contributed by atoms with E-state index in [2.05, 4.69) is 27.7 Å². The van der Waals surface area contributed by atoms with Crippen LogP contribution < -0.4 is 0 Å². The van der Waals surface area contributed by atoms with E-state index in [1.165, 1.54) is 64.2 Å². The van der Waals surface area contributed by atoms with E-state index >= 15 is 0 Å². The predicted octanol–water partition coefficient (Wildman–Crippen LogP) is 6.05. The molecule has 0 bridgehead atoms. The number of nitrogens with zero attached hydrogens (tertiary/aromatic N) is 1. The van der Waals surface area contributed by atoms with E-state index < -0.39 is 5.09 Å². The van der Waals surface area contributed by atoms with Gasteiger partial charge in [-0.25, -0.2) is 0 Å². The van der Waals surface area contributed by atoms with Gasteiger partial charge in [-0.1, -0.05) is 87.1 Å². The van der Waals surface area contributed by atoms with E-state index in [0.717, 1.165) is 19.3 Å². The van der Waals surface area contributed by atoms with Crippen LogP contribution in [0.1, 0.15) is 90.4 Å². The van der Waals surface area contributed by atoms with E-state index in [1.807, 2.05) is 0 Å². The van der Waals surface area contributed by atoms with Crippen LogP contribution in [0.15, 0.2) is 0 Å². The van der Waals surface area contributed by atoms with Crippen LogP contribution in [0.3, 0.4) is 0 Å². The molecule has 0 aliphatic rings. The van der Waals surface area contributed by atoms with Crippen molar-refractivity contribution in [3.8, 4) is 0 Å². The molecule has 0 aliphatic carbocycles. The number of rotatable bonds is 16. The fourth-order valence-electron chi connectivity index (χ4n) is 2.44. The highest BCUT2D eigenvalue weighted by Gasteiger charge is 2.04. The molecule has 0 aromatic rings. The molecule has 0 rings (SSSR count). The van der Waals surface area contributed by atoms with Crippen molar-refractivity contribution < 1.29 is 9.92 Å². The molecule has 0 aromatic heterocycles. The number of hydrogen-bond acceptors (Lipinski definition) is 3. The zero-order valence-electron chi connectivity index (χ0n) is 13.5. The second kappa shape index (κ2) is 16.1. The fourth-order valence-corrected chi connectivity index (χ4v) is 3.09. The van der Waals surface area contributed by atoms with Crippen molar-refractivity contribution >= 4 is 15.9 Å². The molecule has 0 N–H and O–H groups in total. The lowest BCUT2D eigenvalue weighted by molar-refractivity contribution is -0.757. The lowest BCUT2D eigenvalue weighted by atomic mass is 10.0. The Morgan fingerprint density at radius 3 is 1.90 bits per heavy atom. The van der Waals surface area contributed by atoms with Crippen molar-refractivity contribution in [3.05, 3.63) is 10.1 Å². The minimum Gasteiger partial charge on any atom is -0.314 e. The van der Waals surface area contributed by atoms with Gasteiger partial charge in [0.2, 0.25) is 0 Å². The molecule has 0 radical (unpaired) electrons. The van der Waals surface area contributed by atoms with Crippen molar-refractivity contribution in [2.45, 2.75) is 95.2 Å². The number of alkyl halides is 1. The Bertz CT molecular complexity index is 240. The number of halogens is 1. The van der Waals surface area contributed by atoms with Crippen molar-refractivity contribution in [1.29, 1.82) is 0 Å². The molecule has 1 unspecified atom stereocenters. The summed E-state index contributed by atoms with van der Waals surface area (Å²) in [6.45, 7) is 2.47. The van der Waals surface area contributed by atoms with E-state index in [1.54, 1.807) is 0 Å². The summed E-state index contributed by atoms with van der Waals surface area (Å²) in [5.41, 5.74) is 0. The molecule has 1 atom stereocenters. The summed E-state index contributed by atoms with van der Waals surface area (Å²) in [5, 5.41) is 9.27. The molecule has 126 valence electrons. The Morgan fingerprint density at radius 2 is 1.38 bits per heavy atom. The van der Waals surface area contributed by atoms with Gasteiger partial charge in [0.05, 0.1) is 6.61 Å². The molecule has 0 aliphatic heterocycles. The van der Waals surface area contributed by atoms with Crippen LogP contribution in [-0.2, 0) is 4.84 Å². The summed E-state index contributed by atoms with van der Waals surface area (Å²) in [6, 6.07) is 0. The molecule has 0 saturated carbocycles. The first-order valence-corrected chi connectivity index (χ1v) is 9.49. The molecule has 0 fully saturated rings. The molecule has 0 aromatic carbocycles. The smallest absolute Gasteiger partial charge is 0.294 e. The maximum atomic E-state index is 9.99. The van der Waals surface area contributed by atoms with Crippen LogP contribution in [0.5, 0.6) is 0 Å². The average molecular weight is 366 g/mol. The first-order valence-electron chi connectivity index (χ1n) is 8.58. The molecule has 21 heavy (non-hydrogen) atoms. The van der Waals surface area contributed by atoms with E-state index in [4.69, 9.17) is 0 Å². The average Bonchev–Trinajstić information content (AvgIpc) is 2.45. The number of hydrogen-bond donors (Lipinski definition) is 0. The Kier molecular flexibility index (Phi) is 15.8. The standard InChI is InChI=1S/C16H32BrNO3/c1-2-3-4-5-6-7-8-9-10-11-13-16(17)14-12-15-21-18(19)20/h16H,2-15H2,1H3. The third kappa shape index (κ3) is 17.6. The molecule has 0 heterocycles. The zero-order valence-corrected chi connectivity index (χ0v) is 15.1. The van der Waals surface area contributed by atoms with Gasteiger partial charge in [-0.2, -0.15) is 0 Å². The third-order valence-electron chi connectivity index (χ3n) is 3.73. The lowest BCUT2D eigenvalue weighted by Gasteiger charge is -2.09. The highest BCUT2D eigenvalue weighted by atomic mass is 79.9. The van der Waals surface area contributed by atoms with Gasteiger partial charge in [-0.3, -0.25) is 0 Å². The second-order valence-corrected chi connectivity index (χ2v) is 7.06. The quantitative estimate of drug-likeness (QED) is 0.145. The second-order valence-electron chi connectivity index (χ2n) is 5.77. The predicted molar refractivity (Wildman–Crippen MR) is 91.4 cm³/mol. The summed E-state index contributed by atoms with van der Waals surface area (Å²) in [6.07, 6.45) is 16.4. The Hall–Kier alpha value is -0.320. The molecule has 0 spiro atoms. The largest absolute Gasteiger partial charge is 0.314 e. The monoisotopic (exact) mass is 365 g/mol. The van der Waals surface area contributed by atoms with Crippen molar-refractivity contribution in [3.63, 3.8) is 0 Å². The maximum absolute atomic E-state index is 9.99. The summed E-state index contributed by atoms with van der Waals surface area (Å²) < 4.78 is 0. The highest BCUT2D eigenvalue weighted by molar-refractivity contribution is 9.09. The lowest BCUT2D eigenvalue weighted by Crippen LogP contribution is -2.05. The molecular weight excluding hydrogens is 334 g/mol. The van der Waals surface area contributed by atoms with Crippen molar-refractivity contribution in [2.75, 3.05) is 6.61 Å². The summed E-state index contributed by atoms with van der Waals surface area (Å²) in [4.78, 5) is 14.8. The maximum Gasteiger partial charge on any atom is 0.294 e. The summed E-state index contributed by atoms with van der Waals surface area (Å²) in [7, 11) is 0. The van der Waals surface area contributed by atoms with Gasteiger partial charge in [0.25, 0.3) is 5.09 Å². The zero-order chi connectivity index (χ0) is 15.8. The molecule has 4 nitrogen and oxygen atoms in total. The Morgan fingerprint density at radius 1 is 0.905 bits per heavy atom. The van der Waals surface area contributed by atoms with Crippen molar-refractivity contribution in [1.82, 2.24) is 0 Å². The first kappa shape index (κ1) is 20.7. The molecule has 0 amide bonds. The van der Waals surface area contributed by atoms with E-state index in [-0.39, 0.29) is 6.61 Å². The minimum atomic E-state index is -0.717. The third-order valence-corrected chi connectivity index (χ3v) is 4.64. The van der Waals surface area contributed by atoms with Crippen LogP contribution in [0.25, 0.3) is 0 Å². The summed E-state index contributed by atoms with van der Waals surface area (Å²) >= 11 is 3.64. The van der Waals surface area contributed by atoms with Gasteiger partial charge in [-0.05, 0) is 19.3 Å². The van der Waals surface area contributed by atoms with Crippen LogP contribution >= 0.6 is 15.9 Å². The van der Waals surface area contributed by atoms with E-state index in [0.29, 0.717) is 4.83 Å². The number of unbranched alkanes of at least 4 members (excludes halogenated alkanes) is 9. The van der Waals surface area contributed by atoms with Crippen LogP contribution in [0.2, 0.25) is 0 Å². The van der Waals surface area contributed by atoms with Gasteiger partial charge in [0.15, 0.2) is 0 Å². The van der Waals surface area contributed by atoms with Crippen LogP contribution in [0.4, 0.5) is 0 Å². The van der Waals surface area contributed by atoms with Gasteiger partial charge in [0, 0.05) is 4.83 Å². The first-order chi connectivity index (χ1) is 10.2. The van der Waals surface area contributed by atoms with Gasteiger partial charge >= 0.3 is 0 Å². The molecule has 5 heteroatoms. The van der Waals surface area contributed by atoms with E-state index in [9.17, 15) is 10.1 Å². The normalized spacial score (nSPS) is 12.3. The van der Waals surface area contributed by atoms with Gasteiger partial charge in [-0.15, -0.1) is 10.1 Å². The van der Waals surface area contributed by atoms with Crippen LogP contribution in [-0.4, -0.2) is 16.5 Å². The van der Waals surface area contributed by atoms with Crippen molar-refractivity contribution in [2.24, 2.45) is 0 Å². The Balaban J connectivity index is 3.14. The SMILES string of the molecule is CCCCCCCCCCCCC(Br)CCCO[N+](=O)[O-].